The molecule has 2 aromatic rings. The fourth-order valence-electron chi connectivity index (χ4n) is 1.77. The van der Waals surface area contributed by atoms with Crippen molar-refractivity contribution in [1.29, 1.82) is 0 Å². The summed E-state index contributed by atoms with van der Waals surface area (Å²) in [6.45, 7) is 1.51. The molecule has 0 aliphatic carbocycles. The minimum Gasteiger partial charge on any atom is -0.491 e. The Morgan fingerprint density at radius 2 is 1.86 bits per heavy atom. The van der Waals surface area contributed by atoms with Gasteiger partial charge in [-0.2, -0.15) is 0 Å². The number of methoxy groups -OCH3 is 1. The van der Waals surface area contributed by atoms with Gasteiger partial charge in [0.15, 0.2) is 0 Å². The highest BCUT2D eigenvalue weighted by Crippen LogP contribution is 2.19. The van der Waals surface area contributed by atoms with Crippen molar-refractivity contribution < 1.29 is 13.9 Å². The van der Waals surface area contributed by atoms with Crippen LogP contribution in [0.2, 0.25) is 0 Å². The summed E-state index contributed by atoms with van der Waals surface area (Å²) in [5.41, 5.74) is 1.54. The van der Waals surface area contributed by atoms with Crippen LogP contribution in [0.4, 0.5) is 10.1 Å². The molecule has 21 heavy (non-hydrogen) atoms. The molecule has 0 heterocycles. The van der Waals surface area contributed by atoms with Crippen LogP contribution in [0.25, 0.3) is 0 Å². The molecule has 2 aromatic carbocycles. The van der Waals surface area contributed by atoms with E-state index in [1.165, 1.54) is 6.07 Å². The van der Waals surface area contributed by atoms with Crippen molar-refractivity contribution in [2.45, 2.75) is 6.54 Å². The van der Waals surface area contributed by atoms with Crippen molar-refractivity contribution >= 4 is 21.6 Å². The zero-order valence-electron chi connectivity index (χ0n) is 11.7. The fraction of sp³-hybridized carbons (Fsp3) is 0.250. The van der Waals surface area contributed by atoms with Crippen molar-refractivity contribution in [2.75, 3.05) is 25.6 Å². The third-order valence-electron chi connectivity index (χ3n) is 2.91. The quantitative estimate of drug-likeness (QED) is 0.755. The first-order valence-electron chi connectivity index (χ1n) is 6.58. The topological polar surface area (TPSA) is 30.5 Å². The molecule has 0 saturated carbocycles. The maximum Gasteiger partial charge on any atom is 0.129 e. The number of hydrogen-bond donors (Lipinski definition) is 1. The standard InChI is InChI=1S/C16H17BrFNO2/c1-20-8-9-21-15-6-4-14(5-7-15)19-11-12-2-3-13(17)10-16(12)18/h2-7,10,19H,8-9,11H2,1H3. The van der Waals surface area contributed by atoms with E-state index >= 15 is 0 Å². The van der Waals surface area contributed by atoms with E-state index in [4.69, 9.17) is 9.47 Å². The molecular weight excluding hydrogens is 337 g/mol. The maximum atomic E-state index is 13.7. The van der Waals surface area contributed by atoms with Crippen molar-refractivity contribution in [1.82, 2.24) is 0 Å². The van der Waals surface area contributed by atoms with E-state index in [1.54, 1.807) is 13.2 Å². The highest BCUT2D eigenvalue weighted by molar-refractivity contribution is 9.10. The normalized spacial score (nSPS) is 10.4. The van der Waals surface area contributed by atoms with Gasteiger partial charge in [0.2, 0.25) is 0 Å². The van der Waals surface area contributed by atoms with E-state index < -0.39 is 0 Å². The van der Waals surface area contributed by atoms with Crippen molar-refractivity contribution in [3.8, 4) is 5.75 Å². The number of anilines is 1. The van der Waals surface area contributed by atoms with Crippen molar-refractivity contribution in [3.63, 3.8) is 0 Å². The largest absolute Gasteiger partial charge is 0.491 e. The maximum absolute atomic E-state index is 13.7. The van der Waals surface area contributed by atoms with Gasteiger partial charge in [-0.1, -0.05) is 22.0 Å². The smallest absolute Gasteiger partial charge is 0.129 e. The van der Waals surface area contributed by atoms with Gasteiger partial charge in [0.05, 0.1) is 6.61 Å². The number of hydrogen-bond acceptors (Lipinski definition) is 3. The molecule has 0 fully saturated rings. The highest BCUT2D eigenvalue weighted by atomic mass is 79.9. The van der Waals surface area contributed by atoms with Gasteiger partial charge in [-0.05, 0) is 36.4 Å². The van der Waals surface area contributed by atoms with Gasteiger partial charge in [-0.3, -0.25) is 0 Å². The number of ether oxygens (including phenoxy) is 2. The monoisotopic (exact) mass is 353 g/mol. The Bertz CT molecular complexity index is 575. The van der Waals surface area contributed by atoms with Gasteiger partial charge in [0.25, 0.3) is 0 Å². The van der Waals surface area contributed by atoms with Crippen LogP contribution in [-0.4, -0.2) is 20.3 Å². The molecule has 0 aliphatic rings. The van der Waals surface area contributed by atoms with Crippen LogP contribution in [0.15, 0.2) is 46.9 Å². The van der Waals surface area contributed by atoms with E-state index in [0.717, 1.165) is 15.9 Å². The molecule has 0 aromatic heterocycles. The Kier molecular flexibility index (Phi) is 6.02. The third-order valence-corrected chi connectivity index (χ3v) is 3.40. The summed E-state index contributed by atoms with van der Waals surface area (Å²) >= 11 is 3.24. The molecule has 0 aliphatic heterocycles. The van der Waals surface area contributed by atoms with Crippen LogP contribution in [0.1, 0.15) is 5.56 Å². The molecule has 0 amide bonds. The summed E-state index contributed by atoms with van der Waals surface area (Å²) in [7, 11) is 1.64. The molecule has 1 N–H and O–H groups in total. The van der Waals surface area contributed by atoms with Crippen molar-refractivity contribution in [2.24, 2.45) is 0 Å². The Hall–Kier alpha value is -1.59. The average molecular weight is 354 g/mol. The summed E-state index contributed by atoms with van der Waals surface area (Å²) < 4.78 is 24.8. The van der Waals surface area contributed by atoms with E-state index in [1.807, 2.05) is 30.3 Å². The second-order valence-electron chi connectivity index (χ2n) is 4.45. The fourth-order valence-corrected chi connectivity index (χ4v) is 2.11. The lowest BCUT2D eigenvalue weighted by atomic mass is 10.2. The number of rotatable bonds is 7. The first kappa shape index (κ1) is 15.8. The van der Waals surface area contributed by atoms with Gasteiger partial charge < -0.3 is 14.8 Å². The predicted molar refractivity (Wildman–Crippen MR) is 85.2 cm³/mol. The number of halogens is 2. The van der Waals surface area contributed by atoms with Gasteiger partial charge in [-0.15, -0.1) is 0 Å². The predicted octanol–water partition coefficient (Wildman–Crippen LogP) is 4.23. The van der Waals surface area contributed by atoms with Crippen LogP contribution in [0, 0.1) is 5.82 Å². The zero-order valence-corrected chi connectivity index (χ0v) is 13.3. The van der Waals surface area contributed by atoms with E-state index in [0.29, 0.717) is 25.3 Å². The SMILES string of the molecule is COCCOc1ccc(NCc2ccc(Br)cc2F)cc1. The molecular formula is C16H17BrFNO2. The number of nitrogens with one attached hydrogen (secondary N) is 1. The van der Waals surface area contributed by atoms with Gasteiger partial charge in [-0.25, -0.2) is 4.39 Å². The Morgan fingerprint density at radius 1 is 1.10 bits per heavy atom. The van der Waals surface area contributed by atoms with Crippen LogP contribution < -0.4 is 10.1 Å². The van der Waals surface area contributed by atoms with Crippen LogP contribution in [0.3, 0.4) is 0 Å². The minimum atomic E-state index is -0.226. The first-order valence-corrected chi connectivity index (χ1v) is 7.38. The molecule has 3 nitrogen and oxygen atoms in total. The van der Waals surface area contributed by atoms with Crippen LogP contribution in [0.5, 0.6) is 5.75 Å². The molecule has 0 saturated heterocycles. The Labute approximate surface area is 132 Å². The summed E-state index contributed by atoms with van der Waals surface area (Å²) in [5, 5.41) is 3.18. The lowest BCUT2D eigenvalue weighted by Gasteiger charge is -2.09. The Balaban J connectivity index is 1.88. The second-order valence-corrected chi connectivity index (χ2v) is 5.37. The minimum absolute atomic E-state index is 0.226. The molecule has 112 valence electrons. The summed E-state index contributed by atoms with van der Waals surface area (Å²) in [5.74, 6) is 0.559. The molecule has 0 radical (unpaired) electrons. The molecule has 0 bridgehead atoms. The lowest BCUT2D eigenvalue weighted by molar-refractivity contribution is 0.146. The Morgan fingerprint density at radius 3 is 2.52 bits per heavy atom. The summed E-state index contributed by atoms with van der Waals surface area (Å²) in [6.07, 6.45) is 0. The molecule has 0 spiro atoms. The summed E-state index contributed by atoms with van der Waals surface area (Å²) in [6, 6.07) is 12.6. The van der Waals surface area contributed by atoms with Crippen LogP contribution >= 0.6 is 15.9 Å². The third kappa shape index (κ3) is 5.02. The molecule has 5 heteroatoms. The first-order chi connectivity index (χ1) is 10.2. The average Bonchev–Trinajstić information content (AvgIpc) is 2.48. The van der Waals surface area contributed by atoms with E-state index in [9.17, 15) is 4.39 Å². The van der Waals surface area contributed by atoms with Gasteiger partial charge in [0, 0.05) is 29.4 Å². The van der Waals surface area contributed by atoms with Gasteiger partial charge >= 0.3 is 0 Å². The molecule has 0 unspecified atom stereocenters. The second kappa shape index (κ2) is 8.00. The molecule has 0 atom stereocenters. The van der Waals surface area contributed by atoms with Gasteiger partial charge in [0.1, 0.15) is 18.2 Å². The van der Waals surface area contributed by atoms with Crippen LogP contribution in [-0.2, 0) is 11.3 Å². The summed E-state index contributed by atoms with van der Waals surface area (Å²) in [4.78, 5) is 0. The lowest BCUT2D eigenvalue weighted by Crippen LogP contribution is -2.04. The number of benzene rings is 2. The van der Waals surface area contributed by atoms with E-state index in [-0.39, 0.29) is 5.82 Å². The van der Waals surface area contributed by atoms with E-state index in [2.05, 4.69) is 21.2 Å². The van der Waals surface area contributed by atoms with Crippen molar-refractivity contribution in [3.05, 3.63) is 58.3 Å². The zero-order chi connectivity index (χ0) is 15.1. The highest BCUT2D eigenvalue weighted by Gasteiger charge is 2.03. The molecule has 2 rings (SSSR count).